The van der Waals surface area contributed by atoms with Crippen molar-refractivity contribution < 1.29 is 9.47 Å². The summed E-state index contributed by atoms with van der Waals surface area (Å²) >= 11 is 5.98. The SMILES string of the molecule is COc1ccc(Oc2c(N)cccc2Cl)nc1. The highest BCUT2D eigenvalue weighted by atomic mass is 35.5. The third-order valence-electron chi connectivity index (χ3n) is 2.15. The molecule has 0 aliphatic heterocycles. The maximum absolute atomic E-state index is 5.98. The molecule has 0 aliphatic carbocycles. The Balaban J connectivity index is 2.25. The Hall–Kier alpha value is -1.94. The molecule has 1 aromatic carbocycles. The van der Waals surface area contributed by atoms with Crippen LogP contribution >= 0.6 is 11.6 Å². The number of hydrogen-bond acceptors (Lipinski definition) is 4. The fraction of sp³-hybridized carbons (Fsp3) is 0.0833. The molecule has 88 valence electrons. The van der Waals surface area contributed by atoms with Crippen LogP contribution in [-0.2, 0) is 0 Å². The molecule has 2 aromatic rings. The van der Waals surface area contributed by atoms with Gasteiger partial charge in [0.15, 0.2) is 5.75 Å². The number of hydrogen-bond donors (Lipinski definition) is 1. The Kier molecular flexibility index (Phi) is 3.35. The molecule has 0 fully saturated rings. The van der Waals surface area contributed by atoms with Crippen molar-refractivity contribution in [1.29, 1.82) is 0 Å². The van der Waals surface area contributed by atoms with E-state index in [0.717, 1.165) is 0 Å². The minimum atomic E-state index is 0.408. The Labute approximate surface area is 104 Å². The van der Waals surface area contributed by atoms with Crippen molar-refractivity contribution in [2.24, 2.45) is 0 Å². The van der Waals surface area contributed by atoms with Crippen LogP contribution in [-0.4, -0.2) is 12.1 Å². The van der Waals surface area contributed by atoms with E-state index in [4.69, 9.17) is 26.8 Å². The normalized spacial score (nSPS) is 10.0. The number of anilines is 1. The lowest BCUT2D eigenvalue weighted by Gasteiger charge is -2.09. The summed E-state index contributed by atoms with van der Waals surface area (Å²) in [5, 5.41) is 0.447. The van der Waals surface area contributed by atoms with E-state index in [9.17, 15) is 0 Å². The molecule has 0 bridgehead atoms. The molecule has 0 radical (unpaired) electrons. The monoisotopic (exact) mass is 250 g/mol. The van der Waals surface area contributed by atoms with Crippen molar-refractivity contribution >= 4 is 17.3 Å². The van der Waals surface area contributed by atoms with Gasteiger partial charge in [0.25, 0.3) is 0 Å². The molecule has 0 spiro atoms. The number of ether oxygens (including phenoxy) is 2. The quantitative estimate of drug-likeness (QED) is 0.851. The Bertz CT molecular complexity index is 494. The lowest BCUT2D eigenvalue weighted by Crippen LogP contribution is -1.94. The van der Waals surface area contributed by atoms with Crippen LogP contribution in [0.2, 0.25) is 5.02 Å². The molecule has 0 aliphatic rings. The standard InChI is InChI=1S/C12H11ClN2O2/c1-16-8-5-6-11(15-7-8)17-12-9(13)3-2-4-10(12)14/h2-7H,14H2,1H3. The minimum Gasteiger partial charge on any atom is -0.495 e. The van der Waals surface area contributed by atoms with Gasteiger partial charge in [-0.1, -0.05) is 17.7 Å². The molecule has 0 saturated carbocycles. The molecule has 0 saturated heterocycles. The number of pyridine rings is 1. The average molecular weight is 251 g/mol. The lowest BCUT2D eigenvalue weighted by atomic mass is 10.3. The van der Waals surface area contributed by atoms with Crippen molar-refractivity contribution in [3.63, 3.8) is 0 Å². The van der Waals surface area contributed by atoms with Gasteiger partial charge >= 0.3 is 0 Å². The molecular formula is C12H11ClN2O2. The molecule has 5 heteroatoms. The highest BCUT2D eigenvalue weighted by Gasteiger charge is 2.07. The van der Waals surface area contributed by atoms with E-state index >= 15 is 0 Å². The number of halogens is 1. The number of para-hydroxylation sites is 1. The van der Waals surface area contributed by atoms with Crippen LogP contribution in [0.1, 0.15) is 0 Å². The van der Waals surface area contributed by atoms with Crippen LogP contribution in [0.4, 0.5) is 5.69 Å². The molecule has 1 heterocycles. The second-order valence-corrected chi connectivity index (χ2v) is 3.70. The minimum absolute atomic E-state index is 0.408. The van der Waals surface area contributed by atoms with E-state index < -0.39 is 0 Å². The third-order valence-corrected chi connectivity index (χ3v) is 2.45. The zero-order valence-electron chi connectivity index (χ0n) is 9.18. The van der Waals surface area contributed by atoms with Crippen LogP contribution < -0.4 is 15.2 Å². The first-order valence-electron chi connectivity index (χ1n) is 4.92. The van der Waals surface area contributed by atoms with Crippen LogP contribution in [0.3, 0.4) is 0 Å². The molecule has 1 aromatic heterocycles. The molecule has 2 N–H and O–H groups in total. The van der Waals surface area contributed by atoms with E-state index in [0.29, 0.717) is 28.1 Å². The first-order valence-corrected chi connectivity index (χ1v) is 5.30. The van der Waals surface area contributed by atoms with Crippen LogP contribution in [0.15, 0.2) is 36.5 Å². The van der Waals surface area contributed by atoms with Gasteiger partial charge in [-0.2, -0.15) is 0 Å². The first kappa shape index (κ1) is 11.5. The lowest BCUT2D eigenvalue weighted by molar-refractivity contribution is 0.408. The van der Waals surface area contributed by atoms with Gasteiger partial charge < -0.3 is 15.2 Å². The molecule has 0 amide bonds. The highest BCUT2D eigenvalue weighted by molar-refractivity contribution is 6.32. The molecule has 2 rings (SSSR count). The van der Waals surface area contributed by atoms with Crippen LogP contribution in [0, 0.1) is 0 Å². The molecule has 17 heavy (non-hydrogen) atoms. The summed E-state index contributed by atoms with van der Waals surface area (Å²) < 4.78 is 10.5. The first-order chi connectivity index (χ1) is 8.20. The predicted octanol–water partition coefficient (Wildman–Crippen LogP) is 3.12. The Morgan fingerprint density at radius 1 is 1.24 bits per heavy atom. The van der Waals surface area contributed by atoms with E-state index in [1.54, 1.807) is 43.6 Å². The summed E-state index contributed by atoms with van der Waals surface area (Å²) in [6.45, 7) is 0. The number of nitrogens with zero attached hydrogens (tertiary/aromatic N) is 1. The Morgan fingerprint density at radius 3 is 2.65 bits per heavy atom. The molecule has 4 nitrogen and oxygen atoms in total. The van der Waals surface area contributed by atoms with Gasteiger partial charge in [-0.05, 0) is 18.2 Å². The summed E-state index contributed by atoms with van der Waals surface area (Å²) in [5.41, 5.74) is 6.23. The van der Waals surface area contributed by atoms with Crippen molar-refractivity contribution in [3.8, 4) is 17.4 Å². The molecular weight excluding hydrogens is 240 g/mol. The molecule has 0 atom stereocenters. The fourth-order valence-electron chi connectivity index (χ4n) is 1.29. The number of methoxy groups -OCH3 is 1. The third kappa shape index (κ3) is 2.60. The summed E-state index contributed by atoms with van der Waals surface area (Å²) in [6, 6.07) is 8.60. The van der Waals surface area contributed by atoms with Gasteiger partial charge in [0, 0.05) is 6.07 Å². The van der Waals surface area contributed by atoms with Gasteiger partial charge in [0.1, 0.15) is 5.75 Å². The average Bonchev–Trinajstić information content (AvgIpc) is 2.35. The van der Waals surface area contributed by atoms with E-state index in [1.807, 2.05) is 0 Å². The number of nitrogens with two attached hydrogens (primary N) is 1. The second-order valence-electron chi connectivity index (χ2n) is 3.30. The topological polar surface area (TPSA) is 57.4 Å². The zero-order chi connectivity index (χ0) is 12.3. The van der Waals surface area contributed by atoms with E-state index in [-0.39, 0.29) is 0 Å². The van der Waals surface area contributed by atoms with Crippen molar-refractivity contribution in [3.05, 3.63) is 41.6 Å². The van der Waals surface area contributed by atoms with Gasteiger partial charge in [-0.25, -0.2) is 4.98 Å². The van der Waals surface area contributed by atoms with Gasteiger partial charge in [-0.3, -0.25) is 0 Å². The van der Waals surface area contributed by atoms with Gasteiger partial charge in [0.05, 0.1) is 24.0 Å². The zero-order valence-corrected chi connectivity index (χ0v) is 9.94. The van der Waals surface area contributed by atoms with E-state index in [2.05, 4.69) is 4.98 Å². The number of benzene rings is 1. The highest BCUT2D eigenvalue weighted by Crippen LogP contribution is 2.34. The van der Waals surface area contributed by atoms with Crippen molar-refractivity contribution in [1.82, 2.24) is 4.98 Å². The largest absolute Gasteiger partial charge is 0.495 e. The van der Waals surface area contributed by atoms with Crippen LogP contribution in [0.5, 0.6) is 17.4 Å². The number of rotatable bonds is 3. The summed E-state index contributed by atoms with van der Waals surface area (Å²) in [7, 11) is 1.57. The smallest absolute Gasteiger partial charge is 0.219 e. The Morgan fingerprint density at radius 2 is 2.06 bits per heavy atom. The number of nitrogen functional groups attached to an aromatic ring is 1. The summed E-state index contributed by atoms with van der Waals surface area (Å²) in [6.07, 6.45) is 1.56. The maximum atomic E-state index is 5.98. The van der Waals surface area contributed by atoms with Gasteiger partial charge in [-0.15, -0.1) is 0 Å². The molecule has 0 unspecified atom stereocenters. The summed E-state index contributed by atoms with van der Waals surface area (Å²) in [4.78, 5) is 4.07. The predicted molar refractivity (Wildman–Crippen MR) is 66.7 cm³/mol. The fourth-order valence-corrected chi connectivity index (χ4v) is 1.51. The second kappa shape index (κ2) is 4.93. The van der Waals surface area contributed by atoms with Crippen molar-refractivity contribution in [2.75, 3.05) is 12.8 Å². The van der Waals surface area contributed by atoms with Crippen LogP contribution in [0.25, 0.3) is 0 Å². The van der Waals surface area contributed by atoms with Crippen molar-refractivity contribution in [2.45, 2.75) is 0 Å². The summed E-state index contributed by atoms with van der Waals surface area (Å²) in [5.74, 6) is 1.47. The van der Waals surface area contributed by atoms with Gasteiger partial charge in [0.2, 0.25) is 5.88 Å². The number of aromatic nitrogens is 1. The van der Waals surface area contributed by atoms with E-state index in [1.165, 1.54) is 0 Å². The maximum Gasteiger partial charge on any atom is 0.219 e.